The molecule has 0 heterocycles. The van der Waals surface area contributed by atoms with Gasteiger partial charge < -0.3 is 15.4 Å². The van der Waals surface area contributed by atoms with Crippen LogP contribution in [0.5, 0.6) is 0 Å². The lowest BCUT2D eigenvalue weighted by Crippen LogP contribution is -2.27. The first kappa shape index (κ1) is 11.4. The van der Waals surface area contributed by atoms with Crippen molar-refractivity contribution in [1.29, 1.82) is 0 Å². The fraction of sp³-hybridized carbons (Fsp3) is 0.875. The number of hydrogen-bond donors (Lipinski definition) is 2. The van der Waals surface area contributed by atoms with Crippen LogP contribution in [0.15, 0.2) is 0 Å². The first-order valence-electron chi connectivity index (χ1n) is 4.25. The predicted octanol–water partition coefficient (Wildman–Crippen LogP) is -0.253. The quantitative estimate of drug-likeness (QED) is 0.394. The summed E-state index contributed by atoms with van der Waals surface area (Å²) in [5.74, 6) is 0. The molecule has 0 bridgehead atoms. The number of nitrogens with one attached hydrogen (secondary N) is 2. The van der Waals surface area contributed by atoms with Gasteiger partial charge in [0.15, 0.2) is 0 Å². The highest BCUT2D eigenvalue weighted by molar-refractivity contribution is 5.45. The molecule has 0 unspecified atom stereocenters. The Labute approximate surface area is 73.7 Å². The molecule has 0 aliphatic rings. The Morgan fingerprint density at radius 3 is 2.58 bits per heavy atom. The Morgan fingerprint density at radius 1 is 1.33 bits per heavy atom. The molecular formula is C8H18N2O2. The normalized spacial score (nSPS) is 10.2. The van der Waals surface area contributed by atoms with Crippen molar-refractivity contribution in [3.8, 4) is 0 Å². The van der Waals surface area contributed by atoms with E-state index in [4.69, 9.17) is 4.74 Å². The van der Waals surface area contributed by atoms with E-state index in [0.717, 1.165) is 6.54 Å². The van der Waals surface area contributed by atoms with Crippen LogP contribution < -0.4 is 10.6 Å². The summed E-state index contributed by atoms with van der Waals surface area (Å²) in [4.78, 5) is 9.80. The molecule has 12 heavy (non-hydrogen) atoms. The predicted molar refractivity (Wildman–Crippen MR) is 48.0 cm³/mol. The lowest BCUT2D eigenvalue weighted by molar-refractivity contribution is -0.109. The van der Waals surface area contributed by atoms with E-state index in [-0.39, 0.29) is 0 Å². The molecule has 72 valence electrons. The van der Waals surface area contributed by atoms with Crippen LogP contribution in [-0.2, 0) is 9.53 Å². The fourth-order valence-electron chi connectivity index (χ4n) is 0.712. The molecule has 0 spiro atoms. The van der Waals surface area contributed by atoms with E-state index in [1.54, 1.807) is 0 Å². The maximum absolute atomic E-state index is 9.80. The van der Waals surface area contributed by atoms with Gasteiger partial charge in [0.1, 0.15) is 0 Å². The maximum atomic E-state index is 9.80. The Bertz CT molecular complexity index is 107. The molecule has 1 amide bonds. The fourth-order valence-corrected chi connectivity index (χ4v) is 0.712. The molecule has 0 aromatic carbocycles. The Kier molecular flexibility index (Phi) is 8.05. The zero-order valence-corrected chi connectivity index (χ0v) is 7.80. The molecule has 0 atom stereocenters. The number of carbonyl (C=O) groups excluding carboxylic acids is 1. The summed E-state index contributed by atoms with van der Waals surface area (Å²) in [7, 11) is 0. The number of hydrogen-bond acceptors (Lipinski definition) is 3. The number of rotatable bonds is 8. The highest BCUT2D eigenvalue weighted by Gasteiger charge is 1.91. The third-order valence-corrected chi connectivity index (χ3v) is 1.27. The topological polar surface area (TPSA) is 50.4 Å². The van der Waals surface area contributed by atoms with Crippen molar-refractivity contribution in [2.24, 2.45) is 0 Å². The van der Waals surface area contributed by atoms with Crippen LogP contribution in [0.2, 0.25) is 0 Å². The Morgan fingerprint density at radius 2 is 2.00 bits per heavy atom. The summed E-state index contributed by atoms with van der Waals surface area (Å²) in [5, 5.41) is 5.74. The molecule has 0 fully saturated rings. The smallest absolute Gasteiger partial charge is 0.207 e. The third kappa shape index (κ3) is 9.39. The first-order valence-corrected chi connectivity index (χ1v) is 4.25. The zero-order valence-electron chi connectivity index (χ0n) is 7.80. The van der Waals surface area contributed by atoms with Gasteiger partial charge in [-0.15, -0.1) is 0 Å². The standard InChI is InChI=1S/C8H18N2O2/c1-8(2)10-4-6-12-5-3-9-7-11/h7-8,10H,3-6H2,1-2H3,(H,9,11). The molecule has 4 heteroatoms. The number of amides is 1. The van der Waals surface area contributed by atoms with Crippen molar-refractivity contribution in [3.05, 3.63) is 0 Å². The summed E-state index contributed by atoms with van der Waals surface area (Å²) in [6.07, 6.45) is 0.676. The van der Waals surface area contributed by atoms with Crippen molar-refractivity contribution >= 4 is 6.41 Å². The number of ether oxygens (including phenoxy) is 1. The van der Waals surface area contributed by atoms with Crippen molar-refractivity contribution in [3.63, 3.8) is 0 Å². The Hall–Kier alpha value is -0.610. The molecular weight excluding hydrogens is 156 g/mol. The summed E-state index contributed by atoms with van der Waals surface area (Å²) in [6, 6.07) is 0.502. The van der Waals surface area contributed by atoms with Crippen molar-refractivity contribution < 1.29 is 9.53 Å². The van der Waals surface area contributed by atoms with E-state index in [9.17, 15) is 4.79 Å². The van der Waals surface area contributed by atoms with E-state index >= 15 is 0 Å². The molecule has 4 nitrogen and oxygen atoms in total. The Balaban J connectivity index is 2.86. The van der Waals surface area contributed by atoms with Gasteiger partial charge in [0.05, 0.1) is 13.2 Å². The molecule has 0 aromatic rings. The second-order valence-electron chi connectivity index (χ2n) is 2.79. The lowest BCUT2D eigenvalue weighted by atomic mass is 10.4. The molecule has 0 radical (unpaired) electrons. The van der Waals surface area contributed by atoms with Crippen LogP contribution in [0.25, 0.3) is 0 Å². The molecule has 2 N–H and O–H groups in total. The highest BCUT2D eigenvalue weighted by atomic mass is 16.5. The van der Waals surface area contributed by atoms with Crippen LogP contribution in [0.3, 0.4) is 0 Å². The monoisotopic (exact) mass is 174 g/mol. The lowest BCUT2D eigenvalue weighted by Gasteiger charge is -2.07. The largest absolute Gasteiger partial charge is 0.378 e. The van der Waals surface area contributed by atoms with Gasteiger partial charge in [-0.1, -0.05) is 13.8 Å². The summed E-state index contributed by atoms with van der Waals surface area (Å²) < 4.78 is 5.20. The van der Waals surface area contributed by atoms with Crippen LogP contribution in [-0.4, -0.2) is 38.8 Å². The van der Waals surface area contributed by atoms with Crippen molar-refractivity contribution in [1.82, 2.24) is 10.6 Å². The maximum Gasteiger partial charge on any atom is 0.207 e. The minimum absolute atomic E-state index is 0.502. The van der Waals surface area contributed by atoms with Gasteiger partial charge in [0.25, 0.3) is 0 Å². The molecule has 0 aliphatic carbocycles. The zero-order chi connectivity index (χ0) is 9.23. The van der Waals surface area contributed by atoms with E-state index in [1.807, 2.05) is 0 Å². The minimum atomic E-state index is 0.502. The first-order chi connectivity index (χ1) is 5.77. The second kappa shape index (κ2) is 8.49. The van der Waals surface area contributed by atoms with Crippen molar-refractivity contribution in [2.75, 3.05) is 26.3 Å². The van der Waals surface area contributed by atoms with E-state index < -0.39 is 0 Å². The van der Waals surface area contributed by atoms with Gasteiger partial charge in [-0.05, 0) is 0 Å². The van der Waals surface area contributed by atoms with Gasteiger partial charge in [-0.2, -0.15) is 0 Å². The average molecular weight is 174 g/mol. The second-order valence-corrected chi connectivity index (χ2v) is 2.79. The van der Waals surface area contributed by atoms with Gasteiger partial charge in [0, 0.05) is 19.1 Å². The van der Waals surface area contributed by atoms with Crippen LogP contribution in [0.4, 0.5) is 0 Å². The molecule has 0 saturated heterocycles. The van der Waals surface area contributed by atoms with Crippen LogP contribution >= 0.6 is 0 Å². The van der Waals surface area contributed by atoms with Crippen LogP contribution in [0, 0.1) is 0 Å². The molecule has 0 aromatic heterocycles. The van der Waals surface area contributed by atoms with Gasteiger partial charge >= 0.3 is 0 Å². The molecule has 0 saturated carbocycles. The third-order valence-electron chi connectivity index (χ3n) is 1.27. The van der Waals surface area contributed by atoms with Gasteiger partial charge in [-0.25, -0.2) is 0 Å². The van der Waals surface area contributed by atoms with Gasteiger partial charge in [0.2, 0.25) is 6.41 Å². The highest BCUT2D eigenvalue weighted by Crippen LogP contribution is 1.76. The van der Waals surface area contributed by atoms with E-state index in [2.05, 4.69) is 24.5 Å². The molecule has 0 aliphatic heterocycles. The minimum Gasteiger partial charge on any atom is -0.378 e. The van der Waals surface area contributed by atoms with Crippen molar-refractivity contribution in [2.45, 2.75) is 19.9 Å². The van der Waals surface area contributed by atoms with Crippen LogP contribution in [0.1, 0.15) is 13.8 Å². The average Bonchev–Trinajstić information content (AvgIpc) is 2.02. The SMILES string of the molecule is CC(C)NCCOCCNC=O. The molecule has 0 rings (SSSR count). The number of carbonyl (C=O) groups is 1. The van der Waals surface area contributed by atoms with E-state index in [1.165, 1.54) is 0 Å². The summed E-state index contributed by atoms with van der Waals surface area (Å²) in [6.45, 7) is 6.91. The summed E-state index contributed by atoms with van der Waals surface area (Å²) >= 11 is 0. The summed E-state index contributed by atoms with van der Waals surface area (Å²) in [5.41, 5.74) is 0. The van der Waals surface area contributed by atoms with Gasteiger partial charge in [-0.3, -0.25) is 4.79 Å². The van der Waals surface area contributed by atoms with E-state index in [0.29, 0.717) is 32.2 Å².